The lowest BCUT2D eigenvalue weighted by molar-refractivity contribution is -0.137. The number of hydrogen-bond acceptors (Lipinski definition) is 5. The Hall–Kier alpha value is -1.96. The van der Waals surface area contributed by atoms with Gasteiger partial charge in [0.15, 0.2) is 0 Å². The van der Waals surface area contributed by atoms with Crippen LogP contribution in [-0.4, -0.2) is 34.8 Å². The van der Waals surface area contributed by atoms with Gasteiger partial charge in [0.05, 0.1) is 6.10 Å². The molecule has 24 heavy (non-hydrogen) atoms. The number of nitrogens with two attached hydrogens (primary N) is 1. The van der Waals surface area contributed by atoms with E-state index in [-0.39, 0.29) is 36.0 Å². The first-order valence-corrected chi connectivity index (χ1v) is 8.42. The van der Waals surface area contributed by atoms with Gasteiger partial charge in [-0.2, -0.15) is 5.10 Å². The molecule has 5 N–H and O–H groups in total. The van der Waals surface area contributed by atoms with Crippen molar-refractivity contribution >= 4 is 23.6 Å². The molecule has 0 radical (unpaired) electrons. The number of aliphatic hydroxyl groups excluding tert-OH is 1. The van der Waals surface area contributed by atoms with E-state index in [4.69, 9.17) is 5.73 Å². The lowest BCUT2D eigenvalue weighted by atomic mass is 9.71. The zero-order valence-corrected chi connectivity index (χ0v) is 14.1. The van der Waals surface area contributed by atoms with Gasteiger partial charge in [0, 0.05) is 24.0 Å². The molecule has 1 saturated heterocycles. The van der Waals surface area contributed by atoms with Gasteiger partial charge in [0.2, 0.25) is 11.8 Å². The molecule has 4 amide bonds. The van der Waals surface area contributed by atoms with E-state index in [9.17, 15) is 19.5 Å². The predicted octanol–water partition coefficient (Wildman–Crippen LogP) is 0.497. The van der Waals surface area contributed by atoms with E-state index in [1.165, 1.54) is 0 Å². The molecule has 2 aliphatic rings. The van der Waals surface area contributed by atoms with Crippen molar-refractivity contribution in [2.75, 3.05) is 0 Å². The lowest BCUT2D eigenvalue weighted by Gasteiger charge is -2.37. The second kappa shape index (κ2) is 7.74. The van der Waals surface area contributed by atoms with Gasteiger partial charge in [0.1, 0.15) is 0 Å². The van der Waals surface area contributed by atoms with Gasteiger partial charge in [0.25, 0.3) is 0 Å². The van der Waals surface area contributed by atoms with Crippen molar-refractivity contribution in [1.29, 1.82) is 0 Å². The Morgan fingerprint density at radius 3 is 2.75 bits per heavy atom. The standard InChI is InChI=1S/C16H26N4O4/c1-8-5-9(2)14(19-20-16(17)24)11(6-8)12(21)7-10-3-4-13(22)18-15(10)23/h8-12,21H,3-7H2,1-2H3,(H3,17,20,24)(H,18,22,23)/b19-14-/t8-,9-,10-,11-,12+/m0/s1. The van der Waals surface area contributed by atoms with E-state index in [1.54, 1.807) is 0 Å². The molecule has 1 saturated carbocycles. The molecule has 0 bridgehead atoms. The largest absolute Gasteiger partial charge is 0.392 e. The van der Waals surface area contributed by atoms with E-state index >= 15 is 0 Å². The monoisotopic (exact) mass is 338 g/mol. The number of hydrogen-bond donors (Lipinski definition) is 4. The molecule has 1 heterocycles. The Kier molecular flexibility index (Phi) is 5.93. The number of nitrogens with zero attached hydrogens (tertiary/aromatic N) is 1. The van der Waals surface area contributed by atoms with Crippen LogP contribution in [0.25, 0.3) is 0 Å². The zero-order chi connectivity index (χ0) is 17.9. The highest BCUT2D eigenvalue weighted by molar-refractivity contribution is 5.98. The van der Waals surface area contributed by atoms with E-state index in [0.29, 0.717) is 24.5 Å². The molecular weight excluding hydrogens is 312 g/mol. The van der Waals surface area contributed by atoms with Crippen molar-refractivity contribution in [3.63, 3.8) is 0 Å². The van der Waals surface area contributed by atoms with Crippen LogP contribution in [0.15, 0.2) is 5.10 Å². The highest BCUT2D eigenvalue weighted by Crippen LogP contribution is 2.35. The third kappa shape index (κ3) is 4.53. The first-order valence-electron chi connectivity index (χ1n) is 8.42. The van der Waals surface area contributed by atoms with Crippen LogP contribution in [0.4, 0.5) is 4.79 Å². The minimum Gasteiger partial charge on any atom is -0.392 e. The Labute approximate surface area is 141 Å². The maximum absolute atomic E-state index is 11.9. The van der Waals surface area contributed by atoms with Crippen molar-refractivity contribution in [3.8, 4) is 0 Å². The molecule has 0 aromatic carbocycles. The van der Waals surface area contributed by atoms with Crippen LogP contribution in [0.2, 0.25) is 0 Å². The molecule has 8 heteroatoms. The lowest BCUT2D eigenvalue weighted by Crippen LogP contribution is -2.45. The number of urea groups is 1. The summed E-state index contributed by atoms with van der Waals surface area (Å²) in [6.07, 6.45) is 1.92. The fourth-order valence-electron chi connectivity index (χ4n) is 3.83. The third-order valence-corrected chi connectivity index (χ3v) is 4.94. The number of aliphatic hydroxyl groups is 1. The Balaban J connectivity index is 2.09. The fraction of sp³-hybridized carbons (Fsp3) is 0.750. The predicted molar refractivity (Wildman–Crippen MR) is 87.7 cm³/mol. The van der Waals surface area contributed by atoms with Crippen LogP contribution in [-0.2, 0) is 9.59 Å². The molecular formula is C16H26N4O4. The summed E-state index contributed by atoms with van der Waals surface area (Å²) in [6, 6.07) is -0.744. The third-order valence-electron chi connectivity index (χ3n) is 4.94. The van der Waals surface area contributed by atoms with Crippen molar-refractivity contribution in [2.24, 2.45) is 34.5 Å². The Morgan fingerprint density at radius 2 is 2.12 bits per heavy atom. The number of rotatable bonds is 4. The van der Waals surface area contributed by atoms with Gasteiger partial charge in [-0.1, -0.05) is 13.8 Å². The maximum atomic E-state index is 11.9. The summed E-state index contributed by atoms with van der Waals surface area (Å²) in [7, 11) is 0. The van der Waals surface area contributed by atoms with Crippen molar-refractivity contribution in [3.05, 3.63) is 0 Å². The van der Waals surface area contributed by atoms with Crippen LogP contribution in [0, 0.1) is 23.7 Å². The van der Waals surface area contributed by atoms with E-state index < -0.39 is 12.1 Å². The first-order chi connectivity index (χ1) is 11.3. The van der Waals surface area contributed by atoms with Gasteiger partial charge in [-0.3, -0.25) is 14.9 Å². The van der Waals surface area contributed by atoms with Crippen molar-refractivity contribution in [1.82, 2.24) is 10.7 Å². The van der Waals surface area contributed by atoms with Crippen molar-refractivity contribution < 1.29 is 19.5 Å². The normalized spacial score (nSPS) is 33.9. The Bertz CT molecular complexity index is 548. The number of imide groups is 1. The number of carbonyl (C=O) groups excluding carboxylic acids is 3. The van der Waals surface area contributed by atoms with E-state index in [0.717, 1.165) is 12.8 Å². The highest BCUT2D eigenvalue weighted by atomic mass is 16.3. The number of primary amides is 1. The smallest absolute Gasteiger partial charge is 0.332 e. The molecule has 8 nitrogen and oxygen atoms in total. The minimum atomic E-state index is -0.757. The van der Waals surface area contributed by atoms with Crippen LogP contribution in [0.3, 0.4) is 0 Å². The second-order valence-electron chi connectivity index (χ2n) is 7.05. The van der Waals surface area contributed by atoms with Gasteiger partial charge in [-0.05, 0) is 37.5 Å². The number of piperidine rings is 1. The second-order valence-corrected chi connectivity index (χ2v) is 7.05. The average molecular weight is 338 g/mol. The summed E-state index contributed by atoms with van der Waals surface area (Å²) in [6.45, 7) is 4.11. The zero-order valence-electron chi connectivity index (χ0n) is 14.1. The molecule has 2 fully saturated rings. The SMILES string of the molecule is C[C@@H]1C[C@@H]([C@H](O)C[C@@H]2CCC(=O)NC2=O)/C(=N\NC(N)=O)[C@@H](C)C1. The van der Waals surface area contributed by atoms with Gasteiger partial charge >= 0.3 is 6.03 Å². The minimum absolute atomic E-state index is 0.113. The van der Waals surface area contributed by atoms with Crippen molar-refractivity contribution in [2.45, 2.75) is 52.1 Å². The summed E-state index contributed by atoms with van der Waals surface area (Å²) in [5, 5.41) is 17.1. The molecule has 1 aliphatic heterocycles. The van der Waals surface area contributed by atoms with E-state index in [2.05, 4.69) is 22.8 Å². The van der Waals surface area contributed by atoms with Crippen LogP contribution in [0.1, 0.15) is 46.0 Å². The van der Waals surface area contributed by atoms with E-state index in [1.807, 2.05) is 6.92 Å². The molecule has 0 unspecified atom stereocenters. The molecule has 134 valence electrons. The molecule has 5 atom stereocenters. The molecule has 2 rings (SSSR count). The highest BCUT2D eigenvalue weighted by Gasteiger charge is 2.38. The summed E-state index contributed by atoms with van der Waals surface area (Å²) in [5.74, 6) is -0.679. The van der Waals surface area contributed by atoms with Crippen LogP contribution >= 0.6 is 0 Å². The number of hydrazone groups is 1. The van der Waals surface area contributed by atoms with Gasteiger partial charge in [-0.15, -0.1) is 0 Å². The summed E-state index contributed by atoms with van der Waals surface area (Å²) >= 11 is 0. The summed E-state index contributed by atoms with van der Waals surface area (Å²) < 4.78 is 0. The first kappa shape index (κ1) is 18.4. The van der Waals surface area contributed by atoms with Gasteiger partial charge in [-0.25, -0.2) is 10.2 Å². The number of amides is 4. The Morgan fingerprint density at radius 1 is 1.42 bits per heavy atom. The van der Waals surface area contributed by atoms with Gasteiger partial charge < -0.3 is 10.8 Å². The topological polar surface area (TPSA) is 134 Å². The summed E-state index contributed by atoms with van der Waals surface area (Å²) in [4.78, 5) is 34.1. The quantitative estimate of drug-likeness (QED) is 0.438. The molecule has 0 aromatic heterocycles. The number of carbonyl (C=O) groups is 3. The molecule has 1 aliphatic carbocycles. The molecule has 0 spiro atoms. The van der Waals surface area contributed by atoms with Crippen LogP contribution in [0.5, 0.6) is 0 Å². The fourth-order valence-corrected chi connectivity index (χ4v) is 3.83. The average Bonchev–Trinajstić information content (AvgIpc) is 2.48. The maximum Gasteiger partial charge on any atom is 0.332 e. The van der Waals surface area contributed by atoms with Crippen LogP contribution < -0.4 is 16.5 Å². The number of nitrogens with one attached hydrogen (secondary N) is 2. The summed E-state index contributed by atoms with van der Waals surface area (Å²) in [5.41, 5.74) is 8.05. The molecule has 0 aromatic rings.